The number of carbonyl (C=O) groups is 2. The molecule has 26 heavy (non-hydrogen) atoms. The number of ketones is 1. The van der Waals surface area contributed by atoms with Crippen molar-refractivity contribution in [1.82, 2.24) is 4.90 Å². The first-order valence-corrected chi connectivity index (χ1v) is 8.56. The summed E-state index contributed by atoms with van der Waals surface area (Å²) in [5.41, 5.74) is 5.17. The minimum atomic E-state index is -0.635. The number of amides is 1. The number of para-hydroxylation sites is 1. The highest BCUT2D eigenvalue weighted by Gasteiger charge is 2.52. The number of fused-ring (bicyclic) bond motifs is 1. The molecule has 0 unspecified atom stereocenters. The normalized spacial score (nSPS) is 20.8. The summed E-state index contributed by atoms with van der Waals surface area (Å²) < 4.78 is 5.25. The summed E-state index contributed by atoms with van der Waals surface area (Å²) in [6, 6.07) is 8.66. The molecule has 1 fully saturated rings. The van der Waals surface area contributed by atoms with Gasteiger partial charge in [0.15, 0.2) is 5.78 Å². The molecule has 2 heterocycles. The lowest BCUT2D eigenvalue weighted by atomic mass is 9.62. The van der Waals surface area contributed by atoms with Crippen LogP contribution in [0.2, 0.25) is 0 Å². The summed E-state index contributed by atoms with van der Waals surface area (Å²) in [4.78, 5) is 38.7. The molecule has 2 aromatic rings. The van der Waals surface area contributed by atoms with E-state index < -0.39 is 11.0 Å². The van der Waals surface area contributed by atoms with Crippen LogP contribution in [-0.4, -0.2) is 29.7 Å². The lowest BCUT2D eigenvalue weighted by Gasteiger charge is -2.53. The van der Waals surface area contributed by atoms with Crippen molar-refractivity contribution in [3.63, 3.8) is 0 Å². The first kappa shape index (κ1) is 16.6. The molecule has 0 atom stereocenters. The van der Waals surface area contributed by atoms with Gasteiger partial charge in [0.05, 0.1) is 5.70 Å². The monoisotopic (exact) mass is 352 g/mol. The summed E-state index contributed by atoms with van der Waals surface area (Å²) in [6.45, 7) is 4.63. The van der Waals surface area contributed by atoms with E-state index in [-0.39, 0.29) is 28.4 Å². The highest BCUT2D eigenvalue weighted by Crippen LogP contribution is 2.47. The van der Waals surface area contributed by atoms with Crippen LogP contribution in [0, 0.1) is 10.8 Å². The quantitative estimate of drug-likeness (QED) is 0.793. The van der Waals surface area contributed by atoms with Crippen molar-refractivity contribution < 1.29 is 14.0 Å². The summed E-state index contributed by atoms with van der Waals surface area (Å²) in [7, 11) is 0. The lowest BCUT2D eigenvalue weighted by Crippen LogP contribution is -2.61. The predicted octanol–water partition coefficient (Wildman–Crippen LogP) is 2.08. The van der Waals surface area contributed by atoms with Gasteiger partial charge in [-0.05, 0) is 24.6 Å². The molecule has 1 amide bonds. The van der Waals surface area contributed by atoms with E-state index in [1.54, 1.807) is 35.2 Å². The van der Waals surface area contributed by atoms with Crippen molar-refractivity contribution in [2.45, 2.75) is 20.3 Å². The molecule has 1 aromatic carbocycles. The van der Waals surface area contributed by atoms with E-state index in [1.165, 1.54) is 0 Å². The van der Waals surface area contributed by atoms with Crippen LogP contribution in [0.25, 0.3) is 11.0 Å². The van der Waals surface area contributed by atoms with Gasteiger partial charge in [0.2, 0.25) is 0 Å². The fourth-order valence-corrected chi connectivity index (χ4v) is 4.24. The van der Waals surface area contributed by atoms with Crippen LogP contribution in [0.3, 0.4) is 0 Å². The number of Topliss-reactive ketones (excluding diaryl/α,β-unsaturated/α-hetero) is 1. The molecule has 1 aromatic heterocycles. The molecule has 0 bridgehead atoms. The third-order valence-electron chi connectivity index (χ3n) is 5.30. The van der Waals surface area contributed by atoms with E-state index >= 15 is 0 Å². The second-order valence-electron chi connectivity index (χ2n) is 8.00. The fraction of sp³-hybridized carbons (Fsp3) is 0.350. The van der Waals surface area contributed by atoms with Crippen LogP contribution < -0.4 is 11.4 Å². The Kier molecular flexibility index (Phi) is 3.38. The van der Waals surface area contributed by atoms with E-state index in [2.05, 4.69) is 0 Å². The third-order valence-corrected chi connectivity index (χ3v) is 5.30. The van der Waals surface area contributed by atoms with Crippen LogP contribution in [0.1, 0.15) is 30.6 Å². The van der Waals surface area contributed by atoms with E-state index in [1.807, 2.05) is 19.9 Å². The van der Waals surface area contributed by atoms with Crippen molar-refractivity contribution in [2.75, 3.05) is 13.1 Å². The highest BCUT2D eigenvalue weighted by molar-refractivity contribution is 6.00. The molecule has 134 valence electrons. The van der Waals surface area contributed by atoms with Crippen molar-refractivity contribution in [3.8, 4) is 0 Å². The summed E-state index contributed by atoms with van der Waals surface area (Å²) in [5.74, 6) is -0.403. The first-order chi connectivity index (χ1) is 12.2. The SMILES string of the molecule is CC1(C)CC2(C=C(N)C1=O)CN(C(=O)c1cc3ccccc3oc1=O)C2. The van der Waals surface area contributed by atoms with Crippen molar-refractivity contribution in [3.05, 3.63) is 58.1 Å². The Morgan fingerprint density at radius 1 is 1.19 bits per heavy atom. The van der Waals surface area contributed by atoms with Gasteiger partial charge in [-0.2, -0.15) is 0 Å². The van der Waals surface area contributed by atoms with E-state index in [0.717, 1.165) is 0 Å². The average Bonchev–Trinajstić information content (AvgIpc) is 2.55. The Bertz CT molecular complexity index is 1030. The van der Waals surface area contributed by atoms with Crippen LogP contribution in [0.15, 0.2) is 51.3 Å². The minimum Gasteiger partial charge on any atom is -0.422 e. The number of rotatable bonds is 1. The van der Waals surface area contributed by atoms with Crippen molar-refractivity contribution in [1.29, 1.82) is 0 Å². The number of hydrogen-bond acceptors (Lipinski definition) is 5. The topological polar surface area (TPSA) is 93.6 Å². The molecule has 1 aliphatic heterocycles. The van der Waals surface area contributed by atoms with Gasteiger partial charge in [0.1, 0.15) is 11.1 Å². The zero-order valence-electron chi connectivity index (χ0n) is 14.7. The molecule has 4 rings (SSSR count). The molecule has 1 aliphatic carbocycles. The maximum Gasteiger partial charge on any atom is 0.349 e. The number of hydrogen-bond donors (Lipinski definition) is 1. The van der Waals surface area contributed by atoms with Crippen molar-refractivity contribution in [2.24, 2.45) is 16.6 Å². The molecule has 6 heteroatoms. The van der Waals surface area contributed by atoms with Crippen LogP contribution in [0.5, 0.6) is 0 Å². The number of carbonyl (C=O) groups excluding carboxylic acids is 2. The molecule has 6 nitrogen and oxygen atoms in total. The maximum absolute atomic E-state index is 12.8. The zero-order chi connectivity index (χ0) is 18.7. The lowest BCUT2D eigenvalue weighted by molar-refractivity contribution is -0.127. The summed E-state index contributed by atoms with van der Waals surface area (Å²) in [6.07, 6.45) is 2.42. The number of nitrogens with zero attached hydrogens (tertiary/aromatic N) is 1. The molecule has 1 spiro atoms. The van der Waals surface area contributed by atoms with Gasteiger partial charge in [-0.25, -0.2) is 4.79 Å². The van der Waals surface area contributed by atoms with Gasteiger partial charge in [-0.15, -0.1) is 0 Å². The minimum absolute atomic E-state index is 0.0293. The summed E-state index contributed by atoms with van der Waals surface area (Å²) >= 11 is 0. The second-order valence-corrected chi connectivity index (χ2v) is 8.00. The standard InChI is InChI=1S/C20H20N2O4/c1-19(2)9-20(8-14(21)16(19)23)10-22(11-20)17(24)13-7-12-5-3-4-6-15(12)26-18(13)25/h3-8H,9-11,21H2,1-2H3. The van der Waals surface area contributed by atoms with Crippen molar-refractivity contribution >= 4 is 22.7 Å². The second kappa shape index (κ2) is 5.30. The zero-order valence-corrected chi connectivity index (χ0v) is 14.7. The summed E-state index contributed by atoms with van der Waals surface area (Å²) in [5, 5.41) is 0.708. The van der Waals surface area contributed by atoms with E-state index in [0.29, 0.717) is 30.5 Å². The third kappa shape index (κ3) is 2.44. The van der Waals surface area contributed by atoms with Gasteiger partial charge in [-0.1, -0.05) is 32.0 Å². The molecule has 2 aliphatic rings. The Labute approximate surface area is 150 Å². The van der Waals surface area contributed by atoms with E-state index in [9.17, 15) is 14.4 Å². The Balaban J connectivity index is 1.60. The van der Waals surface area contributed by atoms with Crippen LogP contribution in [-0.2, 0) is 4.79 Å². The first-order valence-electron chi connectivity index (χ1n) is 8.56. The van der Waals surface area contributed by atoms with Gasteiger partial charge in [-0.3, -0.25) is 9.59 Å². The molecular formula is C20H20N2O4. The smallest absolute Gasteiger partial charge is 0.349 e. The average molecular weight is 352 g/mol. The van der Waals surface area contributed by atoms with Crippen LogP contribution >= 0.6 is 0 Å². The maximum atomic E-state index is 12.8. The number of likely N-dealkylation sites (tertiary alicyclic amines) is 1. The molecule has 1 saturated heterocycles. The van der Waals surface area contributed by atoms with Gasteiger partial charge < -0.3 is 15.1 Å². The van der Waals surface area contributed by atoms with Gasteiger partial charge in [0, 0.05) is 29.3 Å². The Morgan fingerprint density at radius 2 is 1.88 bits per heavy atom. The Morgan fingerprint density at radius 3 is 2.58 bits per heavy atom. The Hall–Kier alpha value is -2.89. The number of nitrogens with two attached hydrogens (primary N) is 1. The van der Waals surface area contributed by atoms with Gasteiger partial charge >= 0.3 is 5.63 Å². The largest absolute Gasteiger partial charge is 0.422 e. The highest BCUT2D eigenvalue weighted by atomic mass is 16.4. The van der Waals surface area contributed by atoms with Crippen LogP contribution in [0.4, 0.5) is 0 Å². The fourth-order valence-electron chi connectivity index (χ4n) is 4.24. The van der Waals surface area contributed by atoms with E-state index in [4.69, 9.17) is 10.2 Å². The molecule has 2 N–H and O–H groups in total. The molecular weight excluding hydrogens is 332 g/mol. The molecule has 0 saturated carbocycles. The number of benzene rings is 1. The van der Waals surface area contributed by atoms with Gasteiger partial charge in [0.25, 0.3) is 5.91 Å². The predicted molar refractivity (Wildman–Crippen MR) is 96.5 cm³/mol. The molecule has 0 radical (unpaired) electrons. The number of allylic oxidation sites excluding steroid dienone is 1.